The molecule has 1 N–H and O–H groups in total. The van der Waals surface area contributed by atoms with E-state index in [1.165, 1.54) is 0 Å². The number of halogens is 1. The van der Waals surface area contributed by atoms with Gasteiger partial charge in [-0.05, 0) is 43.5 Å². The first kappa shape index (κ1) is 17.2. The molecule has 1 aromatic carbocycles. The van der Waals surface area contributed by atoms with Crippen molar-refractivity contribution in [3.05, 3.63) is 44.3 Å². The van der Waals surface area contributed by atoms with Crippen LogP contribution in [0.3, 0.4) is 0 Å². The Balaban J connectivity index is 1.79. The van der Waals surface area contributed by atoms with Crippen LogP contribution in [-0.4, -0.2) is 46.1 Å². The van der Waals surface area contributed by atoms with Crippen LogP contribution in [0.4, 0.5) is 5.95 Å². The third-order valence-corrected chi connectivity index (χ3v) is 5.30. The van der Waals surface area contributed by atoms with Crippen molar-refractivity contribution >= 4 is 32.9 Å². The maximum atomic E-state index is 12.6. The summed E-state index contributed by atoms with van der Waals surface area (Å²) < 4.78 is 8.16. The van der Waals surface area contributed by atoms with E-state index in [9.17, 15) is 4.79 Å². The molecule has 136 valence electrons. The van der Waals surface area contributed by atoms with E-state index in [1.54, 1.807) is 18.0 Å². The highest BCUT2D eigenvalue weighted by Crippen LogP contribution is 2.25. The topological polar surface area (TPSA) is 76.0 Å². The number of methoxy groups -OCH3 is 1. The highest BCUT2D eigenvalue weighted by molar-refractivity contribution is 9.10. The summed E-state index contributed by atoms with van der Waals surface area (Å²) in [6.45, 7) is 5.57. The van der Waals surface area contributed by atoms with Crippen molar-refractivity contribution in [2.24, 2.45) is 0 Å². The standard InChI is InChI=1S/C18H20BrN5O2/c1-10-6-12(19)7-11(2)15(10)24-9-14-16(22-24)20-18(21-17(14)25)23-5-4-13(8-23)26-3/h6-7,9,13H,4-5,8H2,1-3H3,(H,20,21,22,25). The second kappa shape index (κ2) is 6.51. The Labute approximate surface area is 159 Å². The summed E-state index contributed by atoms with van der Waals surface area (Å²) in [4.78, 5) is 22.1. The normalized spacial score (nSPS) is 17.4. The van der Waals surface area contributed by atoms with Crippen molar-refractivity contribution in [1.82, 2.24) is 19.7 Å². The van der Waals surface area contributed by atoms with E-state index in [0.717, 1.165) is 40.8 Å². The summed E-state index contributed by atoms with van der Waals surface area (Å²) in [6, 6.07) is 4.07. The Hall–Kier alpha value is -2.19. The lowest BCUT2D eigenvalue weighted by Crippen LogP contribution is -2.26. The number of rotatable bonds is 3. The maximum Gasteiger partial charge on any atom is 0.263 e. The van der Waals surface area contributed by atoms with Gasteiger partial charge in [-0.3, -0.25) is 9.78 Å². The van der Waals surface area contributed by atoms with E-state index >= 15 is 0 Å². The summed E-state index contributed by atoms with van der Waals surface area (Å²) >= 11 is 3.51. The minimum atomic E-state index is -0.176. The number of aromatic nitrogens is 4. The number of hydrogen-bond acceptors (Lipinski definition) is 5. The average Bonchev–Trinajstić information content (AvgIpc) is 3.20. The number of hydrogen-bond donors (Lipinski definition) is 1. The smallest absolute Gasteiger partial charge is 0.263 e. The molecule has 26 heavy (non-hydrogen) atoms. The highest BCUT2D eigenvalue weighted by atomic mass is 79.9. The predicted octanol–water partition coefficient (Wildman–Crippen LogP) is 2.71. The van der Waals surface area contributed by atoms with Crippen molar-refractivity contribution in [2.75, 3.05) is 25.1 Å². The Bertz CT molecular complexity index is 1020. The van der Waals surface area contributed by atoms with Crippen molar-refractivity contribution in [1.29, 1.82) is 0 Å². The van der Waals surface area contributed by atoms with E-state index in [4.69, 9.17) is 4.74 Å². The van der Waals surface area contributed by atoms with Crippen molar-refractivity contribution in [3.63, 3.8) is 0 Å². The van der Waals surface area contributed by atoms with Crippen molar-refractivity contribution < 1.29 is 4.74 Å². The maximum absolute atomic E-state index is 12.6. The third-order valence-electron chi connectivity index (χ3n) is 4.84. The number of nitrogens with one attached hydrogen (secondary N) is 1. The Morgan fingerprint density at radius 1 is 1.31 bits per heavy atom. The summed E-state index contributed by atoms with van der Waals surface area (Å²) in [5, 5.41) is 5.06. The predicted molar refractivity (Wildman–Crippen MR) is 104 cm³/mol. The first-order valence-electron chi connectivity index (χ1n) is 8.51. The largest absolute Gasteiger partial charge is 0.380 e. The zero-order valence-corrected chi connectivity index (χ0v) is 16.5. The van der Waals surface area contributed by atoms with Crippen LogP contribution in [0.1, 0.15) is 17.5 Å². The molecule has 0 radical (unpaired) electrons. The number of nitrogens with zero attached hydrogens (tertiary/aromatic N) is 4. The minimum absolute atomic E-state index is 0.168. The number of anilines is 1. The van der Waals surface area contributed by atoms with E-state index < -0.39 is 0 Å². The molecule has 7 nitrogen and oxygen atoms in total. The molecule has 2 aromatic heterocycles. The van der Waals surface area contributed by atoms with Crippen LogP contribution in [0, 0.1) is 13.8 Å². The van der Waals surface area contributed by atoms with E-state index in [2.05, 4.69) is 31.0 Å². The zero-order chi connectivity index (χ0) is 18.4. The Morgan fingerprint density at radius 3 is 2.69 bits per heavy atom. The Morgan fingerprint density at radius 2 is 2.04 bits per heavy atom. The first-order chi connectivity index (χ1) is 12.5. The first-order valence-corrected chi connectivity index (χ1v) is 9.30. The molecule has 0 amide bonds. The monoisotopic (exact) mass is 417 g/mol. The number of ether oxygens (including phenoxy) is 1. The molecule has 0 aliphatic carbocycles. The molecule has 3 aromatic rings. The van der Waals surface area contributed by atoms with Gasteiger partial charge in [-0.2, -0.15) is 4.98 Å². The molecule has 4 rings (SSSR count). The third kappa shape index (κ3) is 2.93. The van der Waals surface area contributed by atoms with Gasteiger partial charge < -0.3 is 9.64 Å². The van der Waals surface area contributed by atoms with Crippen LogP contribution >= 0.6 is 15.9 Å². The highest BCUT2D eigenvalue weighted by Gasteiger charge is 2.24. The molecular formula is C18H20BrN5O2. The van der Waals surface area contributed by atoms with Crippen LogP contribution < -0.4 is 10.5 Å². The molecule has 1 aliphatic rings. The fourth-order valence-electron chi connectivity index (χ4n) is 3.55. The second-order valence-corrected chi connectivity index (χ2v) is 7.60. The van der Waals surface area contributed by atoms with Gasteiger partial charge in [0, 0.05) is 30.9 Å². The fraction of sp³-hybridized carbons (Fsp3) is 0.389. The molecule has 1 atom stereocenters. The van der Waals surface area contributed by atoms with Gasteiger partial charge in [0.1, 0.15) is 5.39 Å². The molecule has 0 spiro atoms. The molecule has 8 heteroatoms. The number of benzene rings is 1. The molecule has 3 heterocycles. The summed E-state index contributed by atoms with van der Waals surface area (Å²) in [5.74, 6) is 0.552. The molecular weight excluding hydrogens is 398 g/mol. The van der Waals surface area contributed by atoms with Gasteiger partial charge in [0.25, 0.3) is 5.56 Å². The summed E-state index contributed by atoms with van der Waals surface area (Å²) in [5.41, 5.74) is 3.39. The van der Waals surface area contributed by atoms with Gasteiger partial charge in [0.05, 0.1) is 11.8 Å². The summed E-state index contributed by atoms with van der Waals surface area (Å²) in [7, 11) is 1.71. The van der Waals surface area contributed by atoms with Gasteiger partial charge in [-0.1, -0.05) is 15.9 Å². The van der Waals surface area contributed by atoms with Crippen LogP contribution in [-0.2, 0) is 4.74 Å². The lowest BCUT2D eigenvalue weighted by Gasteiger charge is -2.15. The summed E-state index contributed by atoms with van der Waals surface area (Å²) in [6.07, 6.45) is 2.83. The van der Waals surface area contributed by atoms with Crippen LogP contribution in [0.2, 0.25) is 0 Å². The van der Waals surface area contributed by atoms with Gasteiger partial charge >= 0.3 is 0 Å². The molecule has 0 bridgehead atoms. The van der Waals surface area contributed by atoms with Crippen LogP contribution in [0.5, 0.6) is 0 Å². The Kier molecular flexibility index (Phi) is 4.32. The van der Waals surface area contributed by atoms with Gasteiger partial charge in [-0.15, -0.1) is 5.10 Å². The number of aryl methyl sites for hydroxylation is 2. The molecule has 1 unspecified atom stereocenters. The van der Waals surface area contributed by atoms with E-state index in [0.29, 0.717) is 17.0 Å². The van der Waals surface area contributed by atoms with Crippen LogP contribution in [0.25, 0.3) is 16.7 Å². The number of aromatic amines is 1. The zero-order valence-electron chi connectivity index (χ0n) is 14.9. The van der Waals surface area contributed by atoms with Gasteiger partial charge in [0.2, 0.25) is 5.95 Å². The number of fused-ring (bicyclic) bond motifs is 1. The van der Waals surface area contributed by atoms with Gasteiger partial charge in [0.15, 0.2) is 5.65 Å². The molecule has 1 fully saturated rings. The van der Waals surface area contributed by atoms with Crippen molar-refractivity contribution in [2.45, 2.75) is 26.4 Å². The fourth-order valence-corrected chi connectivity index (χ4v) is 4.23. The van der Waals surface area contributed by atoms with Crippen molar-refractivity contribution in [3.8, 4) is 5.69 Å². The second-order valence-electron chi connectivity index (χ2n) is 6.68. The van der Waals surface area contributed by atoms with E-state index in [-0.39, 0.29) is 11.7 Å². The average molecular weight is 418 g/mol. The number of H-pyrrole nitrogens is 1. The van der Waals surface area contributed by atoms with E-state index in [1.807, 2.05) is 30.9 Å². The molecule has 1 saturated heterocycles. The lowest BCUT2D eigenvalue weighted by molar-refractivity contribution is 0.121. The molecule has 0 saturated carbocycles. The molecule has 1 aliphatic heterocycles. The van der Waals surface area contributed by atoms with Gasteiger partial charge in [-0.25, -0.2) is 4.68 Å². The minimum Gasteiger partial charge on any atom is -0.380 e. The quantitative estimate of drug-likeness (QED) is 0.708. The van der Waals surface area contributed by atoms with Crippen LogP contribution in [0.15, 0.2) is 27.6 Å². The lowest BCUT2D eigenvalue weighted by atomic mass is 10.1. The SMILES string of the molecule is COC1CCN(c2nc3nn(-c4c(C)cc(Br)cc4C)cc3c(=O)[nH]2)C1.